The molecule has 43 heavy (non-hydrogen) atoms. The molecule has 7 rings (SSSR count). The molecule has 3 aliphatic rings. The summed E-state index contributed by atoms with van der Waals surface area (Å²) in [5.74, 6) is 1.77. The van der Waals surface area contributed by atoms with Crippen molar-refractivity contribution in [2.24, 2.45) is 0 Å². The molecule has 2 saturated heterocycles. The zero-order valence-electron chi connectivity index (χ0n) is 24.2. The fraction of sp³-hybridized carbons (Fsp3) is 0.419. The third-order valence-corrected chi connectivity index (χ3v) is 10.4. The molecule has 2 N–H and O–H groups in total. The fourth-order valence-corrected chi connectivity index (χ4v) is 7.37. The number of nitrogens with zero attached hydrogens (tertiary/aromatic N) is 5. The number of pyridine rings is 1. The van der Waals surface area contributed by atoms with E-state index in [1.54, 1.807) is 6.20 Å². The van der Waals surface area contributed by atoms with Crippen molar-refractivity contribution in [3.63, 3.8) is 0 Å². The number of sulfonamides is 1. The van der Waals surface area contributed by atoms with Crippen LogP contribution in [0.5, 0.6) is 5.75 Å². The number of fused-ring (bicyclic) bond motifs is 2. The van der Waals surface area contributed by atoms with E-state index in [-0.39, 0.29) is 0 Å². The highest BCUT2D eigenvalue weighted by Gasteiger charge is 2.25. The van der Waals surface area contributed by atoms with Gasteiger partial charge in [-0.15, -0.1) is 0 Å². The molecule has 226 valence electrons. The number of likely N-dealkylation sites (tertiary alicyclic amines) is 1. The van der Waals surface area contributed by atoms with Gasteiger partial charge in [-0.25, -0.2) is 18.4 Å². The third kappa shape index (κ3) is 6.04. The van der Waals surface area contributed by atoms with E-state index in [0.717, 1.165) is 79.5 Å². The van der Waals surface area contributed by atoms with E-state index in [9.17, 15) is 8.42 Å². The van der Waals surface area contributed by atoms with Crippen LogP contribution in [-0.2, 0) is 23.0 Å². The number of aromatic amines is 1. The number of rotatable bonds is 7. The highest BCUT2D eigenvalue weighted by Crippen LogP contribution is 2.33. The lowest BCUT2D eigenvalue weighted by Crippen LogP contribution is -2.48. The number of imidazole rings is 1. The van der Waals surface area contributed by atoms with Crippen LogP contribution in [0.3, 0.4) is 0 Å². The fourth-order valence-electron chi connectivity index (χ4n) is 6.35. The van der Waals surface area contributed by atoms with Crippen molar-refractivity contribution >= 4 is 44.2 Å². The van der Waals surface area contributed by atoms with Gasteiger partial charge in [-0.05, 0) is 54.3 Å². The van der Waals surface area contributed by atoms with Gasteiger partial charge in [-0.3, -0.25) is 4.90 Å². The molecule has 3 aliphatic heterocycles. The molecule has 0 saturated carbocycles. The Hall–Kier alpha value is -3.38. The molecule has 0 spiro atoms. The van der Waals surface area contributed by atoms with E-state index in [1.807, 2.05) is 12.1 Å². The summed E-state index contributed by atoms with van der Waals surface area (Å²) < 4.78 is 30.9. The summed E-state index contributed by atoms with van der Waals surface area (Å²) in [7, 11) is -3.15. The molecule has 0 atom stereocenters. The highest BCUT2D eigenvalue weighted by molar-refractivity contribution is 7.88. The number of H-pyrrole nitrogens is 1. The van der Waals surface area contributed by atoms with Crippen molar-refractivity contribution in [3.8, 4) is 17.1 Å². The van der Waals surface area contributed by atoms with Gasteiger partial charge >= 0.3 is 0 Å². The van der Waals surface area contributed by atoms with Crippen molar-refractivity contribution in [2.45, 2.75) is 31.8 Å². The van der Waals surface area contributed by atoms with Gasteiger partial charge in [0, 0.05) is 69.5 Å². The molecule has 4 aromatic rings. The van der Waals surface area contributed by atoms with E-state index in [0.29, 0.717) is 42.9 Å². The van der Waals surface area contributed by atoms with E-state index in [1.165, 1.54) is 21.7 Å². The molecule has 2 aromatic heterocycles. The Morgan fingerprint density at radius 3 is 2.56 bits per heavy atom. The summed E-state index contributed by atoms with van der Waals surface area (Å²) in [5, 5.41) is 4.26. The van der Waals surface area contributed by atoms with Crippen LogP contribution >= 0.6 is 11.6 Å². The largest absolute Gasteiger partial charge is 0.493 e. The molecule has 12 heteroatoms. The van der Waals surface area contributed by atoms with Crippen molar-refractivity contribution in [1.29, 1.82) is 0 Å². The maximum Gasteiger partial charge on any atom is 0.211 e. The highest BCUT2D eigenvalue weighted by atomic mass is 35.5. The number of benzene rings is 2. The van der Waals surface area contributed by atoms with Gasteiger partial charge in [0.15, 0.2) is 5.65 Å². The Balaban J connectivity index is 1.00. The van der Waals surface area contributed by atoms with Gasteiger partial charge in [0.2, 0.25) is 10.0 Å². The van der Waals surface area contributed by atoms with Gasteiger partial charge < -0.3 is 19.9 Å². The Morgan fingerprint density at radius 1 is 1.05 bits per heavy atom. The van der Waals surface area contributed by atoms with Gasteiger partial charge in [0.1, 0.15) is 17.1 Å². The average Bonchev–Trinajstić information content (AvgIpc) is 3.67. The lowest BCUT2D eigenvalue weighted by molar-refractivity contribution is 0.211. The van der Waals surface area contributed by atoms with Crippen molar-refractivity contribution < 1.29 is 13.2 Å². The number of hydrogen-bond donors (Lipinski definition) is 2. The minimum atomic E-state index is -3.15. The normalized spacial score (nSPS) is 18.6. The zero-order valence-corrected chi connectivity index (χ0v) is 25.8. The third-order valence-electron chi connectivity index (χ3n) is 8.78. The van der Waals surface area contributed by atoms with E-state index >= 15 is 0 Å². The maximum atomic E-state index is 11.8. The lowest BCUT2D eigenvalue weighted by atomic mass is 10.0. The summed E-state index contributed by atoms with van der Waals surface area (Å²) in [6.07, 6.45) is 5.99. The first-order valence-corrected chi connectivity index (χ1v) is 17.1. The Bertz CT molecular complexity index is 1730. The second-order valence-corrected chi connectivity index (χ2v) is 14.1. The minimum Gasteiger partial charge on any atom is -0.493 e. The standard InChI is InChI=1S/C31H36ClN7O3S/c1-43(40,41)39-15-13-38(14-16-39)25-5-3-22(4-6-25)30-35-29-28(26(32)19-33-31(29)36-30)34-24-8-11-37(12-9-24)20-21-2-7-27-23(18-21)10-17-42-27/h2-7,18-19,24H,8-17,20H2,1H3,(H2,33,34,35,36). The van der Waals surface area contributed by atoms with Gasteiger partial charge in [-0.1, -0.05) is 23.7 Å². The zero-order chi connectivity index (χ0) is 29.6. The van der Waals surface area contributed by atoms with Crippen LogP contribution in [0.4, 0.5) is 11.4 Å². The molecule has 0 unspecified atom stereocenters. The van der Waals surface area contributed by atoms with Crippen LogP contribution in [-0.4, -0.2) is 90.7 Å². The molecular weight excluding hydrogens is 586 g/mol. The minimum absolute atomic E-state index is 0.301. The number of nitrogens with one attached hydrogen (secondary N) is 2. The smallest absolute Gasteiger partial charge is 0.211 e. The van der Waals surface area contributed by atoms with Gasteiger partial charge in [0.05, 0.1) is 29.8 Å². The quantitative estimate of drug-likeness (QED) is 0.313. The van der Waals surface area contributed by atoms with Crippen LogP contribution in [0.2, 0.25) is 5.02 Å². The number of halogens is 1. The number of anilines is 2. The summed E-state index contributed by atoms with van der Waals surface area (Å²) >= 11 is 6.66. The first-order valence-electron chi connectivity index (χ1n) is 14.9. The number of piperidine rings is 1. The monoisotopic (exact) mass is 621 g/mol. The number of ether oxygens (including phenoxy) is 1. The second kappa shape index (κ2) is 11.6. The van der Waals surface area contributed by atoms with Crippen LogP contribution in [0.1, 0.15) is 24.0 Å². The second-order valence-electron chi connectivity index (χ2n) is 11.7. The predicted molar refractivity (Wildman–Crippen MR) is 171 cm³/mol. The van der Waals surface area contributed by atoms with Crippen LogP contribution < -0.4 is 15.0 Å². The number of aromatic nitrogens is 3. The van der Waals surface area contributed by atoms with Crippen LogP contribution in [0.25, 0.3) is 22.6 Å². The lowest BCUT2D eigenvalue weighted by Gasteiger charge is -2.34. The van der Waals surface area contributed by atoms with Crippen molar-refractivity contribution in [3.05, 3.63) is 64.8 Å². The number of piperazine rings is 1. The topological polar surface area (TPSA) is 107 Å². The van der Waals surface area contributed by atoms with Crippen molar-refractivity contribution in [2.75, 3.05) is 62.3 Å². The maximum absolute atomic E-state index is 11.8. The Labute approximate surface area is 257 Å². The Morgan fingerprint density at radius 2 is 1.81 bits per heavy atom. The summed E-state index contributed by atoms with van der Waals surface area (Å²) in [5.41, 5.74) is 6.95. The molecule has 10 nitrogen and oxygen atoms in total. The predicted octanol–water partition coefficient (Wildman–Crippen LogP) is 4.37. The summed E-state index contributed by atoms with van der Waals surface area (Å²) in [6, 6.07) is 15.1. The van der Waals surface area contributed by atoms with Crippen molar-refractivity contribution in [1.82, 2.24) is 24.2 Å². The van der Waals surface area contributed by atoms with E-state index < -0.39 is 10.0 Å². The molecule has 0 aliphatic carbocycles. The van der Waals surface area contributed by atoms with E-state index in [2.05, 4.69) is 55.4 Å². The Kier molecular flexibility index (Phi) is 7.66. The molecule has 5 heterocycles. The molecule has 2 fully saturated rings. The first kappa shape index (κ1) is 28.4. The SMILES string of the molecule is CS(=O)(=O)N1CCN(c2ccc(-c3nc4c(NC5CCN(Cc6ccc7c(c6)CCO7)CC5)c(Cl)cnc4[nH]3)cc2)CC1. The molecular formula is C31H36ClN7O3S. The number of hydrogen-bond acceptors (Lipinski definition) is 8. The summed E-state index contributed by atoms with van der Waals surface area (Å²) in [6.45, 7) is 6.09. The van der Waals surface area contributed by atoms with Gasteiger partial charge in [-0.2, -0.15) is 4.31 Å². The van der Waals surface area contributed by atoms with E-state index in [4.69, 9.17) is 21.3 Å². The molecule has 2 aromatic carbocycles. The summed E-state index contributed by atoms with van der Waals surface area (Å²) in [4.78, 5) is 17.5. The average molecular weight is 622 g/mol. The molecule has 0 radical (unpaired) electrons. The van der Waals surface area contributed by atoms with Crippen LogP contribution in [0, 0.1) is 0 Å². The molecule has 0 bridgehead atoms. The van der Waals surface area contributed by atoms with Gasteiger partial charge in [0.25, 0.3) is 0 Å². The molecule has 0 amide bonds. The first-order chi connectivity index (χ1) is 20.8. The van der Waals surface area contributed by atoms with Crippen LogP contribution in [0.15, 0.2) is 48.7 Å².